The Bertz CT molecular complexity index is 656. The highest BCUT2D eigenvalue weighted by Crippen LogP contribution is 2.42. The second-order valence-electron chi connectivity index (χ2n) is 5.93. The van der Waals surface area contributed by atoms with Gasteiger partial charge in [-0.25, -0.2) is 0 Å². The summed E-state index contributed by atoms with van der Waals surface area (Å²) in [6, 6.07) is 6.06. The zero-order valence-corrected chi connectivity index (χ0v) is 14.2. The van der Waals surface area contributed by atoms with Gasteiger partial charge >= 0.3 is 0 Å². The normalized spacial score (nSPS) is 15.6. The number of hydrogen-bond acceptors (Lipinski definition) is 6. The van der Waals surface area contributed by atoms with E-state index in [9.17, 15) is 4.79 Å². The van der Waals surface area contributed by atoms with Crippen molar-refractivity contribution in [2.75, 3.05) is 18.9 Å². The molecule has 1 N–H and O–H groups in total. The van der Waals surface area contributed by atoms with E-state index in [-0.39, 0.29) is 11.9 Å². The number of rotatable bonds is 7. The van der Waals surface area contributed by atoms with Gasteiger partial charge in [0.15, 0.2) is 0 Å². The molecule has 1 atom stereocenters. The SMILES string of the molecule is C[C@@H](c1ccccn1)N(C)CCC(=O)Nc1nnc(C2CC2)s1. The van der Waals surface area contributed by atoms with Gasteiger partial charge in [-0.3, -0.25) is 14.7 Å². The Kier molecular flexibility index (Phi) is 4.97. The molecule has 1 aliphatic rings. The summed E-state index contributed by atoms with van der Waals surface area (Å²) in [5.41, 5.74) is 1.01. The van der Waals surface area contributed by atoms with Crippen LogP contribution in [0.1, 0.15) is 48.8 Å². The lowest BCUT2D eigenvalue weighted by molar-refractivity contribution is -0.116. The second-order valence-corrected chi connectivity index (χ2v) is 6.94. The maximum absolute atomic E-state index is 12.1. The topological polar surface area (TPSA) is 71.0 Å². The zero-order chi connectivity index (χ0) is 16.2. The van der Waals surface area contributed by atoms with Crippen LogP contribution >= 0.6 is 11.3 Å². The average molecular weight is 331 g/mol. The van der Waals surface area contributed by atoms with Crippen LogP contribution in [0.3, 0.4) is 0 Å². The Labute approximate surface area is 140 Å². The van der Waals surface area contributed by atoms with Gasteiger partial charge in [0.2, 0.25) is 11.0 Å². The maximum Gasteiger partial charge on any atom is 0.227 e. The van der Waals surface area contributed by atoms with Gasteiger partial charge in [-0.1, -0.05) is 17.4 Å². The summed E-state index contributed by atoms with van der Waals surface area (Å²) < 4.78 is 0. The number of pyridine rings is 1. The van der Waals surface area contributed by atoms with Crippen LogP contribution in [0.4, 0.5) is 5.13 Å². The first-order chi connectivity index (χ1) is 11.1. The van der Waals surface area contributed by atoms with E-state index in [0.717, 1.165) is 10.7 Å². The Morgan fingerprint density at radius 2 is 2.26 bits per heavy atom. The number of aromatic nitrogens is 3. The molecule has 2 aromatic rings. The zero-order valence-electron chi connectivity index (χ0n) is 13.4. The molecular weight excluding hydrogens is 310 g/mol. The van der Waals surface area contributed by atoms with Crippen LogP contribution in [0.2, 0.25) is 0 Å². The average Bonchev–Trinajstić information content (AvgIpc) is 3.33. The predicted molar refractivity (Wildman–Crippen MR) is 90.4 cm³/mol. The lowest BCUT2D eigenvalue weighted by atomic mass is 10.2. The van der Waals surface area contributed by atoms with Crippen molar-refractivity contribution in [1.29, 1.82) is 0 Å². The molecule has 2 heterocycles. The lowest BCUT2D eigenvalue weighted by Gasteiger charge is -2.23. The molecule has 0 aliphatic heterocycles. The van der Waals surface area contributed by atoms with E-state index >= 15 is 0 Å². The quantitative estimate of drug-likeness (QED) is 0.845. The van der Waals surface area contributed by atoms with E-state index in [1.807, 2.05) is 25.2 Å². The Balaban J connectivity index is 1.46. The summed E-state index contributed by atoms with van der Waals surface area (Å²) in [7, 11) is 2.00. The van der Waals surface area contributed by atoms with E-state index in [1.165, 1.54) is 24.2 Å². The van der Waals surface area contributed by atoms with Crippen LogP contribution in [-0.2, 0) is 4.79 Å². The molecule has 0 spiro atoms. The molecule has 122 valence electrons. The summed E-state index contributed by atoms with van der Waals surface area (Å²) in [5.74, 6) is 0.548. The van der Waals surface area contributed by atoms with Crippen molar-refractivity contribution >= 4 is 22.4 Å². The van der Waals surface area contributed by atoms with Gasteiger partial charge in [0, 0.05) is 31.1 Å². The molecule has 1 aliphatic carbocycles. The molecule has 7 heteroatoms. The molecule has 1 amide bonds. The van der Waals surface area contributed by atoms with Crippen LogP contribution in [0.25, 0.3) is 0 Å². The molecule has 2 aromatic heterocycles. The third-order valence-corrected chi connectivity index (χ3v) is 5.08. The molecule has 6 nitrogen and oxygen atoms in total. The first-order valence-corrected chi connectivity index (χ1v) is 8.69. The Hall–Kier alpha value is -1.86. The number of carbonyl (C=O) groups excluding carboxylic acids is 1. The summed E-state index contributed by atoms with van der Waals surface area (Å²) >= 11 is 1.49. The molecule has 0 unspecified atom stereocenters. The van der Waals surface area contributed by atoms with Gasteiger partial charge < -0.3 is 5.32 Å². The smallest absolute Gasteiger partial charge is 0.227 e. The Morgan fingerprint density at radius 1 is 1.43 bits per heavy atom. The largest absolute Gasteiger partial charge is 0.300 e. The highest BCUT2D eigenvalue weighted by Gasteiger charge is 2.27. The fraction of sp³-hybridized carbons (Fsp3) is 0.500. The number of carbonyl (C=O) groups is 1. The molecule has 1 saturated carbocycles. The predicted octanol–water partition coefficient (Wildman–Crippen LogP) is 2.83. The van der Waals surface area contributed by atoms with Crippen LogP contribution in [0, 0.1) is 0 Å². The molecule has 0 bridgehead atoms. The van der Waals surface area contributed by atoms with Crippen LogP contribution in [0.15, 0.2) is 24.4 Å². The van der Waals surface area contributed by atoms with Crippen molar-refractivity contribution in [2.24, 2.45) is 0 Å². The third kappa shape index (κ3) is 4.33. The number of anilines is 1. The van der Waals surface area contributed by atoms with Gasteiger partial charge in [-0.2, -0.15) is 0 Å². The lowest BCUT2D eigenvalue weighted by Crippen LogP contribution is -2.27. The van der Waals surface area contributed by atoms with E-state index in [0.29, 0.717) is 24.0 Å². The minimum Gasteiger partial charge on any atom is -0.300 e. The van der Waals surface area contributed by atoms with E-state index < -0.39 is 0 Å². The van der Waals surface area contributed by atoms with Gasteiger partial charge in [0.25, 0.3) is 0 Å². The van der Waals surface area contributed by atoms with Gasteiger partial charge in [-0.15, -0.1) is 10.2 Å². The number of amides is 1. The minimum absolute atomic E-state index is 0.0245. The van der Waals surface area contributed by atoms with Crippen LogP contribution in [-0.4, -0.2) is 39.6 Å². The fourth-order valence-electron chi connectivity index (χ4n) is 2.28. The van der Waals surface area contributed by atoms with Crippen molar-refractivity contribution in [2.45, 2.75) is 38.1 Å². The van der Waals surface area contributed by atoms with Crippen LogP contribution < -0.4 is 5.32 Å². The number of nitrogens with one attached hydrogen (secondary N) is 1. The molecule has 0 saturated heterocycles. The van der Waals surface area contributed by atoms with Gasteiger partial charge in [0.1, 0.15) is 5.01 Å². The maximum atomic E-state index is 12.1. The van der Waals surface area contributed by atoms with Crippen LogP contribution in [0.5, 0.6) is 0 Å². The van der Waals surface area contributed by atoms with Gasteiger partial charge in [0.05, 0.1) is 5.69 Å². The van der Waals surface area contributed by atoms with Crippen molar-refractivity contribution in [3.05, 3.63) is 35.1 Å². The van der Waals surface area contributed by atoms with E-state index in [4.69, 9.17) is 0 Å². The van der Waals surface area contributed by atoms with E-state index in [1.54, 1.807) is 6.20 Å². The summed E-state index contributed by atoms with van der Waals surface area (Å²) in [5, 5.41) is 12.7. The Morgan fingerprint density at radius 3 is 2.96 bits per heavy atom. The summed E-state index contributed by atoms with van der Waals surface area (Å²) in [4.78, 5) is 18.5. The molecule has 0 radical (unpaired) electrons. The third-order valence-electron chi connectivity index (χ3n) is 4.08. The minimum atomic E-state index is -0.0245. The van der Waals surface area contributed by atoms with Crippen molar-refractivity contribution in [3.8, 4) is 0 Å². The van der Waals surface area contributed by atoms with Crippen molar-refractivity contribution in [3.63, 3.8) is 0 Å². The van der Waals surface area contributed by atoms with Crippen molar-refractivity contribution in [1.82, 2.24) is 20.1 Å². The van der Waals surface area contributed by atoms with E-state index in [2.05, 4.69) is 32.3 Å². The first kappa shape index (κ1) is 16.0. The second kappa shape index (κ2) is 7.14. The van der Waals surface area contributed by atoms with Crippen molar-refractivity contribution < 1.29 is 4.79 Å². The molecule has 0 aromatic carbocycles. The van der Waals surface area contributed by atoms with Gasteiger partial charge in [-0.05, 0) is 38.9 Å². The number of hydrogen-bond donors (Lipinski definition) is 1. The molecular formula is C16H21N5OS. The fourth-order valence-corrected chi connectivity index (χ4v) is 3.21. The monoisotopic (exact) mass is 331 g/mol. The number of nitrogens with zero attached hydrogens (tertiary/aromatic N) is 4. The highest BCUT2D eigenvalue weighted by molar-refractivity contribution is 7.15. The highest BCUT2D eigenvalue weighted by atomic mass is 32.1. The summed E-state index contributed by atoms with van der Waals surface area (Å²) in [6.07, 6.45) is 4.60. The standard InChI is InChI=1S/C16H21N5OS/c1-11(13-5-3-4-9-17-13)21(2)10-8-14(22)18-16-20-19-15(23-16)12-6-7-12/h3-5,9,11-12H,6-8,10H2,1-2H3,(H,18,20,22)/t11-/m0/s1. The molecule has 23 heavy (non-hydrogen) atoms. The molecule has 1 fully saturated rings. The molecule has 3 rings (SSSR count). The summed E-state index contributed by atoms with van der Waals surface area (Å²) in [6.45, 7) is 2.75. The first-order valence-electron chi connectivity index (χ1n) is 7.88.